The third kappa shape index (κ3) is 2.16. The molecule has 0 bridgehead atoms. The van der Waals surface area contributed by atoms with Crippen LogP contribution in [0.25, 0.3) is 11.2 Å². The van der Waals surface area contributed by atoms with Gasteiger partial charge in [0.15, 0.2) is 11.2 Å². The average Bonchev–Trinajstić information content (AvgIpc) is 3.02. The number of fused-ring (bicyclic) bond motifs is 1. The number of hydrogen-bond donors (Lipinski definition) is 5. The van der Waals surface area contributed by atoms with Gasteiger partial charge in [0.05, 0.1) is 19.0 Å². The molecule has 0 spiro atoms. The Labute approximate surface area is 125 Å². The first-order valence-electron chi connectivity index (χ1n) is 6.81. The molecule has 4 unspecified atom stereocenters. The van der Waals surface area contributed by atoms with Crippen molar-refractivity contribution in [2.45, 2.75) is 24.4 Å². The molecule has 1 fully saturated rings. The quantitative estimate of drug-likeness (QED) is 0.415. The lowest BCUT2D eigenvalue weighted by Gasteiger charge is -2.18. The largest absolute Gasteiger partial charge is 0.395 e. The van der Waals surface area contributed by atoms with E-state index in [1.807, 2.05) is 0 Å². The third-order valence-electron chi connectivity index (χ3n) is 3.81. The zero-order valence-corrected chi connectivity index (χ0v) is 12.1. The molecule has 5 N–H and O–H groups in total. The Hall–Kier alpha value is -2.01. The molecule has 3 rings (SSSR count). The zero-order chi connectivity index (χ0) is 16.0. The summed E-state index contributed by atoms with van der Waals surface area (Å²) >= 11 is 0. The minimum absolute atomic E-state index is 0.140. The van der Waals surface area contributed by atoms with Crippen molar-refractivity contribution in [3.8, 4) is 0 Å². The van der Waals surface area contributed by atoms with E-state index in [-0.39, 0.29) is 23.3 Å². The Balaban J connectivity index is 2.10. The van der Waals surface area contributed by atoms with Crippen molar-refractivity contribution < 1.29 is 15.3 Å². The van der Waals surface area contributed by atoms with Gasteiger partial charge in [0.1, 0.15) is 18.4 Å². The summed E-state index contributed by atoms with van der Waals surface area (Å²) in [5, 5.41) is 32.2. The van der Waals surface area contributed by atoms with E-state index < -0.39 is 24.4 Å². The van der Waals surface area contributed by atoms with Crippen molar-refractivity contribution in [2.75, 3.05) is 25.6 Å². The second-order valence-corrected chi connectivity index (χ2v) is 5.49. The van der Waals surface area contributed by atoms with Gasteiger partial charge in [-0.2, -0.15) is 4.98 Å². The number of rotatable bonds is 3. The molecule has 0 radical (unpaired) electrons. The molecule has 0 aliphatic carbocycles. The van der Waals surface area contributed by atoms with Crippen LogP contribution in [0.15, 0.2) is 11.1 Å². The third-order valence-corrected chi connectivity index (χ3v) is 3.81. The Morgan fingerprint density at radius 1 is 1.36 bits per heavy atom. The highest BCUT2D eigenvalue weighted by Gasteiger charge is 2.42. The number of H-pyrrole nitrogens is 1. The van der Waals surface area contributed by atoms with Gasteiger partial charge in [-0.05, 0) is 0 Å². The molecule has 2 aromatic heterocycles. The minimum atomic E-state index is -1.15. The number of aromatic amines is 1. The fourth-order valence-electron chi connectivity index (χ4n) is 2.58. The highest BCUT2D eigenvalue weighted by atomic mass is 16.3. The van der Waals surface area contributed by atoms with Crippen LogP contribution in [-0.4, -0.2) is 73.8 Å². The highest BCUT2D eigenvalue weighted by Crippen LogP contribution is 2.25. The molecular weight excluding hydrogens is 292 g/mol. The number of imidazole rings is 1. The van der Waals surface area contributed by atoms with E-state index in [9.17, 15) is 20.1 Å². The number of aromatic nitrogens is 4. The smallest absolute Gasteiger partial charge is 0.280 e. The van der Waals surface area contributed by atoms with Gasteiger partial charge in [-0.25, -0.2) is 4.98 Å². The summed E-state index contributed by atoms with van der Waals surface area (Å²) in [4.78, 5) is 24.6. The van der Waals surface area contributed by atoms with Gasteiger partial charge in [-0.15, -0.1) is 0 Å². The van der Waals surface area contributed by atoms with Gasteiger partial charge >= 0.3 is 0 Å². The fourth-order valence-corrected chi connectivity index (χ4v) is 2.58. The number of hydrogen-bond acceptors (Lipinski definition) is 8. The van der Waals surface area contributed by atoms with Crippen LogP contribution >= 0.6 is 0 Å². The van der Waals surface area contributed by atoms with Gasteiger partial charge in [0.25, 0.3) is 5.56 Å². The van der Waals surface area contributed by atoms with Crippen molar-refractivity contribution in [1.29, 1.82) is 0 Å². The molecule has 22 heavy (non-hydrogen) atoms. The van der Waals surface area contributed by atoms with Crippen LogP contribution in [-0.2, 0) is 0 Å². The van der Waals surface area contributed by atoms with E-state index in [1.165, 1.54) is 10.9 Å². The molecule has 2 aromatic rings. The lowest BCUT2D eigenvalue weighted by Crippen LogP contribution is -2.36. The monoisotopic (exact) mass is 310 g/mol. The molecule has 1 aliphatic heterocycles. The summed E-state index contributed by atoms with van der Waals surface area (Å²) in [5.74, 6) is 0.353. The first kappa shape index (κ1) is 14.9. The molecular formula is C12H18N6O4. The average molecular weight is 310 g/mol. The van der Waals surface area contributed by atoms with Gasteiger partial charge in [-0.3, -0.25) is 19.7 Å². The van der Waals surface area contributed by atoms with Crippen molar-refractivity contribution in [3.05, 3.63) is 16.7 Å². The van der Waals surface area contributed by atoms with Crippen LogP contribution in [0.3, 0.4) is 0 Å². The van der Waals surface area contributed by atoms with Crippen LogP contribution in [0, 0.1) is 0 Å². The van der Waals surface area contributed by atoms with Crippen molar-refractivity contribution in [1.82, 2.24) is 24.8 Å². The molecule has 1 aliphatic rings. The molecule has 120 valence electrons. The van der Waals surface area contributed by atoms with E-state index >= 15 is 0 Å². The van der Waals surface area contributed by atoms with Gasteiger partial charge < -0.3 is 20.2 Å². The predicted molar refractivity (Wildman–Crippen MR) is 77.5 cm³/mol. The molecule has 0 aromatic carbocycles. The summed E-state index contributed by atoms with van der Waals surface area (Å²) in [6, 6.07) is -0.659. The van der Waals surface area contributed by atoms with Crippen LogP contribution < -0.4 is 15.8 Å². The Kier molecular flexibility index (Phi) is 3.60. The maximum Gasteiger partial charge on any atom is 0.280 e. The van der Waals surface area contributed by atoms with Crippen molar-refractivity contribution in [3.63, 3.8) is 0 Å². The normalized spacial score (nSPS) is 28.4. The summed E-state index contributed by atoms with van der Waals surface area (Å²) < 4.78 is 1.49. The Morgan fingerprint density at radius 2 is 2.09 bits per heavy atom. The summed E-state index contributed by atoms with van der Waals surface area (Å²) in [7, 11) is 3.47. The highest BCUT2D eigenvalue weighted by molar-refractivity contribution is 5.71. The standard InChI is InChI=1S/C12H18N6O4/c1-17(2)12-15-9-6(11(22)16-12)13-4-18(9)10-8(21)7(20)5(3-19)14-10/h4-5,7-8,10,14,19-21H,3H2,1-2H3,(H,15,16,22). The van der Waals surface area contributed by atoms with Crippen molar-refractivity contribution in [2.24, 2.45) is 0 Å². The van der Waals surface area contributed by atoms with E-state index in [0.29, 0.717) is 5.95 Å². The maximum atomic E-state index is 12.0. The second kappa shape index (κ2) is 5.32. The lowest BCUT2D eigenvalue weighted by molar-refractivity contribution is 0.0112. The summed E-state index contributed by atoms with van der Waals surface area (Å²) in [6.45, 7) is -0.321. The minimum Gasteiger partial charge on any atom is -0.395 e. The van der Waals surface area contributed by atoms with Gasteiger partial charge in [0.2, 0.25) is 5.95 Å². The molecule has 4 atom stereocenters. The topological polar surface area (TPSA) is 140 Å². The fraction of sp³-hybridized carbons (Fsp3) is 0.583. The molecule has 0 amide bonds. The van der Waals surface area contributed by atoms with E-state index in [2.05, 4.69) is 20.3 Å². The van der Waals surface area contributed by atoms with Crippen molar-refractivity contribution >= 4 is 17.1 Å². The molecule has 3 heterocycles. The second-order valence-electron chi connectivity index (χ2n) is 5.49. The SMILES string of the molecule is CN(C)c1nc2c(ncn2C2NC(CO)C(O)C2O)c(=O)[nH]1. The van der Waals surface area contributed by atoms with Gasteiger partial charge in [0, 0.05) is 14.1 Å². The number of aliphatic hydroxyl groups is 3. The van der Waals surface area contributed by atoms with Crippen LogP contribution in [0.4, 0.5) is 5.95 Å². The molecule has 10 nitrogen and oxygen atoms in total. The first-order chi connectivity index (χ1) is 10.4. The van der Waals surface area contributed by atoms with Crippen LogP contribution in [0.1, 0.15) is 6.17 Å². The number of aliphatic hydroxyl groups excluding tert-OH is 3. The number of anilines is 1. The van der Waals surface area contributed by atoms with Crippen LogP contribution in [0.5, 0.6) is 0 Å². The summed E-state index contributed by atoms with van der Waals surface area (Å²) in [6.07, 6.45) is -1.64. The molecule has 1 saturated heterocycles. The first-order valence-corrected chi connectivity index (χ1v) is 6.81. The van der Waals surface area contributed by atoms with E-state index in [1.54, 1.807) is 19.0 Å². The van der Waals surface area contributed by atoms with E-state index in [0.717, 1.165) is 0 Å². The molecule has 10 heteroatoms. The Bertz CT molecular complexity index is 741. The predicted octanol–water partition coefficient (Wildman–Crippen LogP) is -2.63. The lowest BCUT2D eigenvalue weighted by atomic mass is 10.1. The number of nitrogens with zero attached hydrogens (tertiary/aromatic N) is 4. The number of nitrogens with one attached hydrogen (secondary N) is 2. The summed E-state index contributed by atoms with van der Waals surface area (Å²) in [5.41, 5.74) is 0.0375. The van der Waals surface area contributed by atoms with Crippen LogP contribution in [0.2, 0.25) is 0 Å². The molecule has 0 saturated carbocycles. The van der Waals surface area contributed by atoms with Gasteiger partial charge in [-0.1, -0.05) is 0 Å². The maximum absolute atomic E-state index is 12.0. The van der Waals surface area contributed by atoms with E-state index in [4.69, 9.17) is 0 Å². The zero-order valence-electron chi connectivity index (χ0n) is 12.1. The Morgan fingerprint density at radius 3 is 2.68 bits per heavy atom.